The quantitative estimate of drug-likeness (QED) is 0.103. The number of aryl methyl sites for hydroxylation is 1. The van der Waals surface area contributed by atoms with Crippen LogP contribution in [0.3, 0.4) is 0 Å². The predicted octanol–water partition coefficient (Wildman–Crippen LogP) is 10.5. The molecule has 0 aliphatic carbocycles. The summed E-state index contributed by atoms with van der Waals surface area (Å²) in [5.74, 6) is 0.403. The average molecular weight is 799 g/mol. The van der Waals surface area contributed by atoms with Gasteiger partial charge in [0.15, 0.2) is 11.0 Å². The molecule has 0 saturated carbocycles. The number of halogens is 1. The lowest BCUT2D eigenvalue weighted by molar-refractivity contribution is 0.0686. The van der Waals surface area contributed by atoms with Gasteiger partial charge in [0.2, 0.25) is 0 Å². The van der Waals surface area contributed by atoms with Crippen LogP contribution in [0.5, 0.6) is 0 Å². The molecule has 0 amide bonds. The van der Waals surface area contributed by atoms with Gasteiger partial charge in [-0.25, -0.2) is 14.5 Å². The summed E-state index contributed by atoms with van der Waals surface area (Å²) in [6.07, 6.45) is 1.87. The summed E-state index contributed by atoms with van der Waals surface area (Å²) >= 11 is 6.91. The molecule has 2 aromatic heterocycles. The van der Waals surface area contributed by atoms with Crippen LogP contribution in [-0.4, -0.2) is 47.9 Å². The van der Waals surface area contributed by atoms with Gasteiger partial charge in [-0.1, -0.05) is 183 Å². The first kappa shape index (κ1) is 39.2. The van der Waals surface area contributed by atoms with Gasteiger partial charge in [-0.05, 0) is 56.3 Å². The van der Waals surface area contributed by atoms with Gasteiger partial charge in [-0.3, -0.25) is 0 Å². The number of methoxy groups -OCH3 is 1. The van der Waals surface area contributed by atoms with Crippen molar-refractivity contribution in [2.45, 2.75) is 44.4 Å². The Morgan fingerprint density at radius 1 is 0.746 bits per heavy atom. The van der Waals surface area contributed by atoms with E-state index in [1.807, 2.05) is 71.4 Å². The van der Waals surface area contributed by atoms with E-state index in [2.05, 4.69) is 89.5 Å². The van der Waals surface area contributed by atoms with Crippen LogP contribution in [0.15, 0.2) is 164 Å². The number of hydrogen-bond acceptors (Lipinski definition) is 6. The second-order valence-corrected chi connectivity index (χ2v) is 14.7. The highest BCUT2D eigenvalue weighted by Gasteiger charge is 2.42. The van der Waals surface area contributed by atoms with E-state index in [4.69, 9.17) is 31.6 Å². The Labute approximate surface area is 348 Å². The summed E-state index contributed by atoms with van der Waals surface area (Å²) in [5.41, 5.74) is 7.30. The summed E-state index contributed by atoms with van der Waals surface area (Å²) in [4.78, 5) is 17.1. The van der Waals surface area contributed by atoms with Gasteiger partial charge in [0.1, 0.15) is 17.5 Å². The van der Waals surface area contributed by atoms with Crippen LogP contribution >= 0.6 is 11.6 Å². The van der Waals surface area contributed by atoms with E-state index in [1.54, 1.807) is 31.4 Å². The normalized spacial score (nSPS) is 12.1. The van der Waals surface area contributed by atoms with Crippen molar-refractivity contribution in [3.05, 3.63) is 214 Å². The minimum absolute atomic E-state index is 0.154. The minimum Gasteiger partial charge on any atom is -0.478 e. The van der Waals surface area contributed by atoms with E-state index >= 15 is 0 Å². The van der Waals surface area contributed by atoms with Crippen molar-refractivity contribution in [2.75, 3.05) is 7.11 Å². The van der Waals surface area contributed by atoms with Crippen LogP contribution in [-0.2, 0) is 23.2 Å². The summed E-state index contributed by atoms with van der Waals surface area (Å²) in [7, 11) is 1.56. The van der Waals surface area contributed by atoms with Crippen molar-refractivity contribution in [3.63, 3.8) is 0 Å². The SMILES string of the molecule is CCCCc1nc(Cl)c(C(OC)c2ccccc2C(=O)O)n1Cc1ccc(-c2ccccc2-c2nnnn2C(c2ccccc2)(c2ccccc2)c2ccccc2)cc1. The van der Waals surface area contributed by atoms with Crippen LogP contribution in [0.2, 0.25) is 5.15 Å². The molecule has 10 heteroatoms. The number of imidazole rings is 1. The Balaban J connectivity index is 1.21. The molecule has 0 bridgehead atoms. The van der Waals surface area contributed by atoms with Crippen LogP contribution in [0, 0.1) is 0 Å². The average Bonchev–Trinajstić information content (AvgIpc) is 3.89. The Kier molecular flexibility index (Phi) is 11.6. The van der Waals surface area contributed by atoms with Gasteiger partial charge in [-0.15, -0.1) is 5.10 Å². The number of benzene rings is 6. The maximum atomic E-state index is 12.3. The van der Waals surface area contributed by atoms with Crippen LogP contribution in [0.4, 0.5) is 0 Å². The monoisotopic (exact) mass is 798 g/mol. The number of aromatic nitrogens is 6. The standard InChI is InChI=1S/C49H43ClN6O3/c1-3-4-28-43-51-46(50)44(45(59-2)40-25-15-17-27-42(40)48(57)58)55(43)33-34-29-31-35(32-30-34)39-24-14-16-26-41(39)47-52-53-54-56(47)49(36-18-8-5-9-19-36,37-20-10-6-11-21-37)38-22-12-7-13-23-38/h5-27,29-32,45H,3-4,28,33H2,1-2H3,(H,57,58). The number of unbranched alkanes of at least 4 members (excludes halogenated alkanes) is 1. The summed E-state index contributed by atoms with van der Waals surface area (Å²) < 4.78 is 10.0. The van der Waals surface area contributed by atoms with Crippen LogP contribution in [0.25, 0.3) is 22.5 Å². The molecule has 6 aromatic carbocycles. The number of nitrogens with zero attached hydrogens (tertiary/aromatic N) is 6. The van der Waals surface area contributed by atoms with Crippen molar-refractivity contribution in [3.8, 4) is 22.5 Å². The predicted molar refractivity (Wildman–Crippen MR) is 230 cm³/mol. The zero-order valence-corrected chi connectivity index (χ0v) is 33.6. The Bertz CT molecular complexity index is 2570. The molecule has 0 radical (unpaired) electrons. The fourth-order valence-electron chi connectivity index (χ4n) is 8.13. The third-order valence-electron chi connectivity index (χ3n) is 10.9. The zero-order valence-electron chi connectivity index (χ0n) is 32.8. The van der Waals surface area contributed by atoms with E-state index in [9.17, 15) is 9.90 Å². The molecule has 1 N–H and O–H groups in total. The lowest BCUT2D eigenvalue weighted by Crippen LogP contribution is -2.39. The fraction of sp³-hybridized carbons (Fsp3) is 0.163. The Morgan fingerprint density at radius 3 is 1.88 bits per heavy atom. The number of rotatable bonds is 15. The van der Waals surface area contributed by atoms with E-state index in [-0.39, 0.29) is 5.56 Å². The molecular formula is C49H43ClN6O3. The lowest BCUT2D eigenvalue weighted by Gasteiger charge is -2.36. The Morgan fingerprint density at radius 2 is 1.31 bits per heavy atom. The molecule has 1 atom stereocenters. The number of ether oxygens (including phenoxy) is 1. The highest BCUT2D eigenvalue weighted by Crippen LogP contribution is 2.43. The van der Waals surface area contributed by atoms with E-state index in [1.165, 1.54) is 0 Å². The van der Waals surface area contributed by atoms with Crippen LogP contribution in [0.1, 0.15) is 75.6 Å². The molecule has 294 valence electrons. The van der Waals surface area contributed by atoms with Crippen molar-refractivity contribution in [2.24, 2.45) is 0 Å². The molecule has 0 aliphatic rings. The molecule has 0 saturated heterocycles. The smallest absolute Gasteiger partial charge is 0.336 e. The first-order valence-corrected chi connectivity index (χ1v) is 20.1. The van der Waals surface area contributed by atoms with Crippen molar-refractivity contribution in [1.29, 1.82) is 0 Å². The molecule has 0 spiro atoms. The third kappa shape index (κ3) is 7.46. The Hall–Kier alpha value is -6.68. The van der Waals surface area contributed by atoms with Gasteiger partial charge < -0.3 is 14.4 Å². The van der Waals surface area contributed by atoms with E-state index in [0.29, 0.717) is 35.2 Å². The number of aromatic carboxylic acids is 1. The summed E-state index contributed by atoms with van der Waals surface area (Å²) in [6, 6.07) is 54.6. The largest absolute Gasteiger partial charge is 0.478 e. The molecule has 59 heavy (non-hydrogen) atoms. The van der Waals surface area contributed by atoms with Gasteiger partial charge in [0, 0.05) is 31.2 Å². The highest BCUT2D eigenvalue weighted by atomic mass is 35.5. The molecule has 8 aromatic rings. The van der Waals surface area contributed by atoms with Crippen molar-refractivity contribution in [1.82, 2.24) is 29.8 Å². The summed E-state index contributed by atoms with van der Waals surface area (Å²) in [6.45, 7) is 2.59. The first-order valence-electron chi connectivity index (χ1n) is 19.7. The lowest BCUT2D eigenvalue weighted by atomic mass is 9.77. The van der Waals surface area contributed by atoms with Gasteiger partial charge in [0.25, 0.3) is 0 Å². The van der Waals surface area contributed by atoms with E-state index < -0.39 is 17.6 Å². The molecular weight excluding hydrogens is 756 g/mol. The van der Waals surface area contributed by atoms with Gasteiger partial charge >= 0.3 is 5.97 Å². The first-order chi connectivity index (χ1) is 28.9. The third-order valence-corrected chi connectivity index (χ3v) is 11.2. The maximum absolute atomic E-state index is 12.3. The number of hydrogen-bond donors (Lipinski definition) is 1. The number of carboxylic acid groups (broad SMARTS) is 1. The van der Waals surface area contributed by atoms with Gasteiger partial charge in [0.05, 0.1) is 11.3 Å². The molecule has 8 rings (SSSR count). The van der Waals surface area contributed by atoms with Crippen molar-refractivity contribution >= 4 is 17.6 Å². The highest BCUT2D eigenvalue weighted by molar-refractivity contribution is 6.30. The maximum Gasteiger partial charge on any atom is 0.336 e. The number of tetrazole rings is 1. The zero-order chi connectivity index (χ0) is 40.8. The summed E-state index contributed by atoms with van der Waals surface area (Å²) in [5, 5.41) is 24.2. The molecule has 1 unspecified atom stereocenters. The molecule has 2 heterocycles. The van der Waals surface area contributed by atoms with Gasteiger partial charge in [-0.2, -0.15) is 0 Å². The number of carboxylic acids is 1. The van der Waals surface area contributed by atoms with Crippen molar-refractivity contribution < 1.29 is 14.6 Å². The minimum atomic E-state index is -1.04. The molecule has 9 nitrogen and oxygen atoms in total. The molecule has 0 fully saturated rings. The topological polar surface area (TPSA) is 108 Å². The fourth-order valence-corrected chi connectivity index (χ4v) is 8.43. The molecule has 0 aliphatic heterocycles. The van der Waals surface area contributed by atoms with E-state index in [0.717, 1.165) is 57.6 Å². The number of carbonyl (C=O) groups is 1. The van der Waals surface area contributed by atoms with Crippen LogP contribution < -0.4 is 0 Å². The second kappa shape index (κ2) is 17.4. The second-order valence-electron chi connectivity index (χ2n) is 14.4.